The van der Waals surface area contributed by atoms with Crippen LogP contribution >= 0.6 is 0 Å². The molecule has 0 aromatic heterocycles. The summed E-state index contributed by atoms with van der Waals surface area (Å²) in [6, 6.07) is 5.29. The standard InChI is InChI=1S/C20H31N3O3S/c1-5-10-22-11-8-18(9-12-22)21(4)27(25,26)19-6-7-20-17(14-19)13-15(2)23(20)16(3)24/h6-7,14-15,18H,5,8-13H2,1-4H3. The fourth-order valence-corrected chi connectivity index (χ4v) is 5.90. The predicted octanol–water partition coefficient (Wildman–Crippen LogP) is 2.48. The minimum atomic E-state index is -3.53. The minimum Gasteiger partial charge on any atom is -0.309 e. The van der Waals surface area contributed by atoms with E-state index < -0.39 is 10.0 Å². The van der Waals surface area contributed by atoms with Gasteiger partial charge in [-0.3, -0.25) is 4.79 Å². The second-order valence-corrected chi connectivity index (χ2v) is 9.82. The van der Waals surface area contributed by atoms with Crippen molar-refractivity contribution in [2.45, 2.75) is 63.4 Å². The number of amides is 1. The van der Waals surface area contributed by atoms with E-state index in [4.69, 9.17) is 0 Å². The van der Waals surface area contributed by atoms with Crippen LogP contribution in [0, 0.1) is 0 Å². The van der Waals surface area contributed by atoms with E-state index in [9.17, 15) is 13.2 Å². The van der Waals surface area contributed by atoms with Crippen LogP contribution in [-0.2, 0) is 21.2 Å². The SMILES string of the molecule is CCCN1CCC(N(C)S(=O)(=O)c2ccc3c(c2)CC(C)N3C(C)=O)CC1. The Morgan fingerprint density at radius 1 is 1.26 bits per heavy atom. The van der Waals surface area contributed by atoms with Crippen molar-refractivity contribution in [3.63, 3.8) is 0 Å². The van der Waals surface area contributed by atoms with Crippen molar-refractivity contribution in [1.29, 1.82) is 0 Å². The van der Waals surface area contributed by atoms with Crippen LogP contribution < -0.4 is 4.90 Å². The van der Waals surface area contributed by atoms with Gasteiger partial charge in [0.05, 0.1) is 4.90 Å². The Kier molecular flexibility index (Phi) is 5.93. The molecule has 6 nitrogen and oxygen atoms in total. The smallest absolute Gasteiger partial charge is 0.243 e. The van der Waals surface area contributed by atoms with E-state index in [0.29, 0.717) is 11.3 Å². The van der Waals surface area contributed by atoms with Crippen molar-refractivity contribution in [3.8, 4) is 0 Å². The number of rotatable bonds is 5. The summed E-state index contributed by atoms with van der Waals surface area (Å²) in [5.41, 5.74) is 1.77. The number of anilines is 1. The molecule has 3 rings (SSSR count). The topological polar surface area (TPSA) is 60.9 Å². The number of piperidine rings is 1. The van der Waals surface area contributed by atoms with Crippen molar-refractivity contribution < 1.29 is 13.2 Å². The summed E-state index contributed by atoms with van der Waals surface area (Å²) in [7, 11) is -1.83. The Morgan fingerprint density at radius 2 is 1.93 bits per heavy atom. The molecule has 0 N–H and O–H groups in total. The first-order valence-corrected chi connectivity index (χ1v) is 11.3. The summed E-state index contributed by atoms with van der Waals surface area (Å²) in [5, 5.41) is 0. The van der Waals surface area contributed by atoms with Gasteiger partial charge < -0.3 is 9.80 Å². The molecule has 1 unspecified atom stereocenters. The lowest BCUT2D eigenvalue weighted by Crippen LogP contribution is -2.45. The fourth-order valence-electron chi connectivity index (χ4n) is 4.43. The number of hydrogen-bond acceptors (Lipinski definition) is 4. The van der Waals surface area contributed by atoms with E-state index in [1.807, 2.05) is 6.92 Å². The molecule has 0 saturated carbocycles. The maximum absolute atomic E-state index is 13.2. The van der Waals surface area contributed by atoms with Crippen LogP contribution in [-0.4, -0.2) is 62.3 Å². The first kappa shape index (κ1) is 20.3. The summed E-state index contributed by atoms with van der Waals surface area (Å²) < 4.78 is 27.9. The lowest BCUT2D eigenvalue weighted by Gasteiger charge is -2.36. The van der Waals surface area contributed by atoms with E-state index >= 15 is 0 Å². The van der Waals surface area contributed by atoms with Gasteiger partial charge in [0, 0.05) is 31.7 Å². The molecule has 1 aromatic rings. The molecule has 1 atom stereocenters. The Labute approximate surface area is 163 Å². The average molecular weight is 394 g/mol. The van der Waals surface area contributed by atoms with Crippen LogP contribution in [0.4, 0.5) is 5.69 Å². The van der Waals surface area contributed by atoms with Gasteiger partial charge in [-0.25, -0.2) is 8.42 Å². The molecule has 150 valence electrons. The van der Waals surface area contributed by atoms with Crippen molar-refractivity contribution in [2.75, 3.05) is 31.6 Å². The van der Waals surface area contributed by atoms with Crippen LogP contribution in [0.15, 0.2) is 23.1 Å². The summed E-state index contributed by atoms with van der Waals surface area (Å²) in [5.74, 6) is -0.00665. The zero-order valence-corrected chi connectivity index (χ0v) is 17.6. The van der Waals surface area contributed by atoms with E-state index in [1.165, 1.54) is 0 Å². The lowest BCUT2D eigenvalue weighted by molar-refractivity contribution is -0.116. The number of likely N-dealkylation sites (tertiary alicyclic amines) is 1. The Hall–Kier alpha value is -1.44. The first-order valence-electron chi connectivity index (χ1n) is 9.88. The third-order valence-corrected chi connectivity index (χ3v) is 7.80. The summed E-state index contributed by atoms with van der Waals surface area (Å²) in [6.07, 6.45) is 3.56. The van der Waals surface area contributed by atoms with Crippen molar-refractivity contribution in [1.82, 2.24) is 9.21 Å². The highest BCUT2D eigenvalue weighted by molar-refractivity contribution is 7.89. The number of hydrogen-bond donors (Lipinski definition) is 0. The highest BCUT2D eigenvalue weighted by Crippen LogP contribution is 2.35. The molecular weight excluding hydrogens is 362 g/mol. The Morgan fingerprint density at radius 3 is 2.52 bits per heavy atom. The molecule has 2 aliphatic heterocycles. The number of carbonyl (C=O) groups is 1. The summed E-state index contributed by atoms with van der Waals surface area (Å²) in [4.78, 5) is 16.4. The van der Waals surface area contributed by atoms with Crippen LogP contribution in [0.2, 0.25) is 0 Å². The van der Waals surface area contributed by atoms with Crippen LogP contribution in [0.1, 0.15) is 45.6 Å². The van der Waals surface area contributed by atoms with Gasteiger partial charge in [-0.2, -0.15) is 4.31 Å². The zero-order chi connectivity index (χ0) is 19.8. The third-order valence-electron chi connectivity index (χ3n) is 5.89. The summed E-state index contributed by atoms with van der Waals surface area (Å²) in [6.45, 7) is 8.70. The maximum Gasteiger partial charge on any atom is 0.243 e. The molecule has 0 spiro atoms. The molecule has 0 aliphatic carbocycles. The fraction of sp³-hybridized carbons (Fsp3) is 0.650. The Balaban J connectivity index is 1.78. The molecule has 2 heterocycles. The van der Waals surface area contributed by atoms with Gasteiger partial charge in [0.2, 0.25) is 15.9 Å². The number of nitrogens with zero attached hydrogens (tertiary/aromatic N) is 3. The average Bonchev–Trinajstić information content (AvgIpc) is 2.97. The lowest BCUT2D eigenvalue weighted by atomic mass is 10.1. The normalized spacial score (nSPS) is 21.7. The van der Waals surface area contributed by atoms with Gasteiger partial charge in [-0.15, -0.1) is 0 Å². The van der Waals surface area contributed by atoms with Gasteiger partial charge in [0.1, 0.15) is 0 Å². The van der Waals surface area contributed by atoms with E-state index in [1.54, 1.807) is 41.4 Å². The number of fused-ring (bicyclic) bond motifs is 1. The molecule has 7 heteroatoms. The van der Waals surface area contributed by atoms with Crippen LogP contribution in [0.3, 0.4) is 0 Å². The molecule has 0 radical (unpaired) electrons. The second kappa shape index (κ2) is 7.89. The van der Waals surface area contributed by atoms with Gasteiger partial charge in [0.25, 0.3) is 0 Å². The minimum absolute atomic E-state index is 0.00665. The van der Waals surface area contributed by atoms with Gasteiger partial charge in [-0.1, -0.05) is 6.92 Å². The molecular formula is C20H31N3O3S. The maximum atomic E-state index is 13.2. The third kappa shape index (κ3) is 3.91. The van der Waals surface area contributed by atoms with Crippen LogP contribution in [0.25, 0.3) is 0 Å². The molecule has 1 aromatic carbocycles. The van der Waals surface area contributed by atoms with Crippen molar-refractivity contribution in [2.24, 2.45) is 0 Å². The van der Waals surface area contributed by atoms with E-state index in [-0.39, 0.29) is 18.0 Å². The predicted molar refractivity (Wildman–Crippen MR) is 107 cm³/mol. The molecule has 1 amide bonds. The van der Waals surface area contributed by atoms with Gasteiger partial charge in [0.15, 0.2) is 0 Å². The molecule has 1 saturated heterocycles. The molecule has 0 bridgehead atoms. The highest BCUT2D eigenvalue weighted by atomic mass is 32.2. The number of carbonyl (C=O) groups excluding carboxylic acids is 1. The van der Waals surface area contributed by atoms with Crippen molar-refractivity contribution >= 4 is 21.6 Å². The monoisotopic (exact) mass is 393 g/mol. The van der Waals surface area contributed by atoms with Gasteiger partial charge in [-0.05, 0) is 76.0 Å². The van der Waals surface area contributed by atoms with E-state index in [2.05, 4.69) is 11.8 Å². The number of sulfonamides is 1. The number of benzene rings is 1. The quantitative estimate of drug-likeness (QED) is 0.771. The van der Waals surface area contributed by atoms with E-state index in [0.717, 1.165) is 50.1 Å². The van der Waals surface area contributed by atoms with Crippen molar-refractivity contribution in [3.05, 3.63) is 23.8 Å². The Bertz CT molecular complexity index is 801. The largest absolute Gasteiger partial charge is 0.309 e. The summed E-state index contributed by atoms with van der Waals surface area (Å²) >= 11 is 0. The molecule has 27 heavy (non-hydrogen) atoms. The first-order chi connectivity index (χ1) is 12.8. The van der Waals surface area contributed by atoms with Crippen LogP contribution in [0.5, 0.6) is 0 Å². The highest BCUT2D eigenvalue weighted by Gasteiger charge is 2.33. The molecule has 2 aliphatic rings. The van der Waals surface area contributed by atoms with Gasteiger partial charge >= 0.3 is 0 Å². The zero-order valence-electron chi connectivity index (χ0n) is 16.8. The second-order valence-electron chi connectivity index (χ2n) is 7.83. The molecule has 1 fully saturated rings.